The first-order valence-electron chi connectivity index (χ1n) is 8.09. The third-order valence-electron chi connectivity index (χ3n) is 4.01. The van der Waals surface area contributed by atoms with Gasteiger partial charge >= 0.3 is 5.97 Å². The summed E-state index contributed by atoms with van der Waals surface area (Å²) in [7, 11) is 0. The molecule has 0 unspecified atom stereocenters. The van der Waals surface area contributed by atoms with Gasteiger partial charge in [-0.1, -0.05) is 23.7 Å². The van der Waals surface area contributed by atoms with Crippen LogP contribution in [0.3, 0.4) is 0 Å². The number of hydrogen-bond donors (Lipinski definition) is 1. The molecule has 0 atom stereocenters. The maximum atomic E-state index is 12.0. The van der Waals surface area contributed by atoms with Crippen LogP contribution >= 0.6 is 22.9 Å². The van der Waals surface area contributed by atoms with Crippen molar-refractivity contribution in [3.63, 3.8) is 0 Å². The van der Waals surface area contributed by atoms with E-state index in [4.69, 9.17) is 22.1 Å². The number of esters is 1. The molecule has 0 aliphatic rings. The zero-order valence-corrected chi connectivity index (χ0v) is 15.8. The molecular weight excluding hydrogens is 386 g/mol. The molecule has 0 saturated carbocycles. The molecule has 0 saturated heterocycles. The van der Waals surface area contributed by atoms with Gasteiger partial charge in [0.15, 0.2) is 5.82 Å². The summed E-state index contributed by atoms with van der Waals surface area (Å²) in [5.41, 5.74) is 8.27. The van der Waals surface area contributed by atoms with Gasteiger partial charge in [-0.2, -0.15) is 9.78 Å². The van der Waals surface area contributed by atoms with Crippen LogP contribution < -0.4 is 5.73 Å². The zero-order chi connectivity index (χ0) is 19.0. The molecule has 27 heavy (non-hydrogen) atoms. The molecule has 0 amide bonds. The van der Waals surface area contributed by atoms with Crippen LogP contribution in [-0.2, 0) is 4.74 Å². The van der Waals surface area contributed by atoms with Gasteiger partial charge in [-0.05, 0) is 24.6 Å². The number of carbonyl (C=O) groups is 1. The van der Waals surface area contributed by atoms with Crippen LogP contribution in [0.1, 0.15) is 17.3 Å². The normalized spacial score (nSPS) is 11.0. The van der Waals surface area contributed by atoms with E-state index in [0.29, 0.717) is 10.8 Å². The molecule has 3 heterocycles. The molecule has 2 N–H and O–H groups in total. The summed E-state index contributed by atoms with van der Waals surface area (Å²) in [4.78, 5) is 21.5. The molecule has 136 valence electrons. The van der Waals surface area contributed by atoms with Gasteiger partial charge in [-0.3, -0.25) is 0 Å². The molecule has 4 aromatic rings. The van der Waals surface area contributed by atoms with Gasteiger partial charge < -0.3 is 10.5 Å². The first-order chi connectivity index (χ1) is 13.1. The minimum atomic E-state index is -0.519. The van der Waals surface area contributed by atoms with Gasteiger partial charge in [0, 0.05) is 16.0 Å². The Morgan fingerprint density at radius 2 is 2.07 bits per heavy atom. The van der Waals surface area contributed by atoms with E-state index in [1.165, 1.54) is 28.5 Å². The van der Waals surface area contributed by atoms with Crippen molar-refractivity contribution in [2.45, 2.75) is 6.92 Å². The van der Waals surface area contributed by atoms with Gasteiger partial charge in [0.05, 0.1) is 18.2 Å². The number of nitrogens with two attached hydrogens (primary N) is 1. The SMILES string of the molecule is CCOC(=O)c1cnn(-c2ncnc3scc(-c4ccc(Cl)cc4)c23)c1N. The van der Waals surface area contributed by atoms with Gasteiger partial charge in [-0.15, -0.1) is 11.3 Å². The lowest BCUT2D eigenvalue weighted by Gasteiger charge is -2.08. The van der Waals surface area contributed by atoms with Crippen LogP contribution in [0, 0.1) is 0 Å². The number of anilines is 1. The summed E-state index contributed by atoms with van der Waals surface area (Å²) in [5.74, 6) is 0.149. The van der Waals surface area contributed by atoms with E-state index in [-0.39, 0.29) is 18.0 Å². The van der Waals surface area contributed by atoms with E-state index in [9.17, 15) is 4.79 Å². The summed E-state index contributed by atoms with van der Waals surface area (Å²) in [6.07, 6.45) is 2.83. The fourth-order valence-corrected chi connectivity index (χ4v) is 3.79. The first kappa shape index (κ1) is 17.4. The molecule has 4 rings (SSSR count). The number of nitrogens with zero attached hydrogens (tertiary/aromatic N) is 4. The van der Waals surface area contributed by atoms with Crippen molar-refractivity contribution in [2.24, 2.45) is 0 Å². The summed E-state index contributed by atoms with van der Waals surface area (Å²) in [6, 6.07) is 7.50. The van der Waals surface area contributed by atoms with Crippen molar-refractivity contribution >= 4 is 44.9 Å². The highest BCUT2D eigenvalue weighted by atomic mass is 35.5. The van der Waals surface area contributed by atoms with Crippen LogP contribution in [0.5, 0.6) is 0 Å². The van der Waals surface area contributed by atoms with Crippen molar-refractivity contribution in [3.05, 3.63) is 52.8 Å². The number of fused-ring (bicyclic) bond motifs is 1. The molecule has 1 aromatic carbocycles. The Kier molecular flexibility index (Phi) is 4.51. The summed E-state index contributed by atoms with van der Waals surface area (Å²) < 4.78 is 6.45. The highest BCUT2D eigenvalue weighted by Gasteiger charge is 2.21. The first-order valence-corrected chi connectivity index (χ1v) is 9.35. The Bertz CT molecular complexity index is 1140. The van der Waals surface area contributed by atoms with Crippen molar-refractivity contribution in [3.8, 4) is 16.9 Å². The van der Waals surface area contributed by atoms with Crippen molar-refractivity contribution in [1.82, 2.24) is 19.7 Å². The number of ether oxygens (including phenoxy) is 1. The average molecular weight is 400 g/mol. The molecule has 0 bridgehead atoms. The van der Waals surface area contributed by atoms with E-state index in [1.54, 1.807) is 6.92 Å². The predicted molar refractivity (Wildman–Crippen MR) is 105 cm³/mol. The number of hydrogen-bond acceptors (Lipinski definition) is 7. The second kappa shape index (κ2) is 6.98. The summed E-state index contributed by atoms with van der Waals surface area (Å²) >= 11 is 7.49. The quantitative estimate of drug-likeness (QED) is 0.522. The van der Waals surface area contributed by atoms with Crippen LogP contribution in [0.15, 0.2) is 42.2 Å². The highest BCUT2D eigenvalue weighted by molar-refractivity contribution is 7.17. The van der Waals surface area contributed by atoms with Crippen molar-refractivity contribution in [2.75, 3.05) is 12.3 Å². The molecular formula is C18H14ClN5O2S. The van der Waals surface area contributed by atoms with Crippen LogP contribution in [0.4, 0.5) is 5.82 Å². The fourth-order valence-electron chi connectivity index (χ4n) is 2.75. The Labute approximate surface area is 163 Å². The number of benzene rings is 1. The average Bonchev–Trinajstić information content (AvgIpc) is 3.26. The monoisotopic (exact) mass is 399 g/mol. The summed E-state index contributed by atoms with van der Waals surface area (Å²) in [5, 5.41) is 7.71. The number of nitrogen functional groups attached to an aromatic ring is 1. The molecule has 0 spiro atoms. The van der Waals surface area contributed by atoms with Crippen LogP contribution in [-0.4, -0.2) is 32.3 Å². The smallest absolute Gasteiger partial charge is 0.343 e. The van der Waals surface area contributed by atoms with E-state index in [1.807, 2.05) is 29.6 Å². The Hall–Kier alpha value is -2.97. The largest absolute Gasteiger partial charge is 0.462 e. The van der Waals surface area contributed by atoms with Crippen molar-refractivity contribution in [1.29, 1.82) is 0 Å². The Morgan fingerprint density at radius 1 is 1.30 bits per heavy atom. The van der Waals surface area contributed by atoms with Crippen LogP contribution in [0.25, 0.3) is 27.2 Å². The van der Waals surface area contributed by atoms with E-state index in [0.717, 1.165) is 21.3 Å². The lowest BCUT2D eigenvalue weighted by molar-refractivity contribution is 0.0527. The van der Waals surface area contributed by atoms with Gasteiger partial charge in [0.25, 0.3) is 0 Å². The highest BCUT2D eigenvalue weighted by Crippen LogP contribution is 2.36. The lowest BCUT2D eigenvalue weighted by atomic mass is 10.1. The van der Waals surface area contributed by atoms with Gasteiger partial charge in [0.2, 0.25) is 0 Å². The molecule has 0 aliphatic carbocycles. The Morgan fingerprint density at radius 3 is 2.81 bits per heavy atom. The third-order valence-corrected chi connectivity index (χ3v) is 5.15. The van der Waals surface area contributed by atoms with E-state index < -0.39 is 5.97 Å². The number of halogens is 1. The fraction of sp³-hybridized carbons (Fsp3) is 0.111. The van der Waals surface area contributed by atoms with Gasteiger partial charge in [0.1, 0.15) is 22.5 Å². The molecule has 9 heteroatoms. The minimum Gasteiger partial charge on any atom is -0.462 e. The number of rotatable bonds is 4. The molecule has 0 radical (unpaired) electrons. The number of aromatic nitrogens is 4. The second-order valence-electron chi connectivity index (χ2n) is 5.61. The van der Waals surface area contributed by atoms with Crippen LogP contribution in [0.2, 0.25) is 5.02 Å². The predicted octanol–water partition coefficient (Wildman–Crippen LogP) is 3.96. The molecule has 0 aliphatic heterocycles. The maximum absolute atomic E-state index is 12.0. The number of carbonyl (C=O) groups excluding carboxylic acids is 1. The van der Waals surface area contributed by atoms with E-state index in [2.05, 4.69) is 15.1 Å². The third kappa shape index (κ3) is 3.02. The molecule has 3 aromatic heterocycles. The standard InChI is InChI=1S/C18H14ClN5O2S/c1-2-26-18(25)12-7-23-24(15(12)20)16-14-13(8-27-17(14)22-9-21-16)10-3-5-11(19)6-4-10/h3-9H,2,20H2,1H3. The lowest BCUT2D eigenvalue weighted by Crippen LogP contribution is -2.10. The Balaban J connectivity index is 1.90. The topological polar surface area (TPSA) is 95.9 Å². The number of thiophene rings is 1. The van der Waals surface area contributed by atoms with E-state index >= 15 is 0 Å². The minimum absolute atomic E-state index is 0.168. The summed E-state index contributed by atoms with van der Waals surface area (Å²) in [6.45, 7) is 1.99. The van der Waals surface area contributed by atoms with Gasteiger partial charge in [-0.25, -0.2) is 14.8 Å². The molecule has 7 nitrogen and oxygen atoms in total. The zero-order valence-electron chi connectivity index (χ0n) is 14.2. The maximum Gasteiger partial charge on any atom is 0.343 e. The van der Waals surface area contributed by atoms with Crippen molar-refractivity contribution < 1.29 is 9.53 Å². The second-order valence-corrected chi connectivity index (χ2v) is 6.90. The molecule has 0 fully saturated rings.